The molecule has 1 unspecified atom stereocenters. The number of amides is 2. The number of likely N-dealkylation sites (N-methyl/N-ethyl adjacent to an activating group) is 1. The van der Waals surface area contributed by atoms with Crippen LogP contribution in [0.5, 0.6) is 0 Å². The molecule has 5 nitrogen and oxygen atoms in total. The monoisotopic (exact) mass is 353 g/mol. The van der Waals surface area contributed by atoms with Crippen molar-refractivity contribution in [2.24, 2.45) is 11.3 Å². The van der Waals surface area contributed by atoms with Crippen LogP contribution in [0.15, 0.2) is 0 Å². The van der Waals surface area contributed by atoms with Crippen molar-refractivity contribution in [2.75, 3.05) is 20.1 Å². The maximum atomic E-state index is 12.4. The second kappa shape index (κ2) is 10.1. The lowest BCUT2D eigenvalue weighted by molar-refractivity contribution is -0.126. The van der Waals surface area contributed by atoms with Crippen molar-refractivity contribution in [3.05, 3.63) is 0 Å². The van der Waals surface area contributed by atoms with E-state index in [0.29, 0.717) is 18.9 Å². The molecule has 1 rings (SSSR count). The van der Waals surface area contributed by atoms with Gasteiger partial charge in [-0.15, -0.1) is 0 Å². The summed E-state index contributed by atoms with van der Waals surface area (Å²) in [5.41, 5.74) is 0.185. The van der Waals surface area contributed by atoms with E-state index in [-0.39, 0.29) is 29.3 Å². The summed E-state index contributed by atoms with van der Waals surface area (Å²) in [6.07, 6.45) is 5.93. The Morgan fingerprint density at radius 3 is 2.28 bits per heavy atom. The number of carbonyl (C=O) groups is 2. The summed E-state index contributed by atoms with van der Waals surface area (Å²) < 4.78 is 0. The van der Waals surface area contributed by atoms with E-state index in [4.69, 9.17) is 0 Å². The number of rotatable bonds is 10. The van der Waals surface area contributed by atoms with Crippen LogP contribution in [0.1, 0.15) is 73.1 Å². The average molecular weight is 354 g/mol. The van der Waals surface area contributed by atoms with Crippen molar-refractivity contribution in [2.45, 2.75) is 85.2 Å². The van der Waals surface area contributed by atoms with Crippen LogP contribution in [-0.4, -0.2) is 48.9 Å². The van der Waals surface area contributed by atoms with Gasteiger partial charge in [0.15, 0.2) is 0 Å². The first-order chi connectivity index (χ1) is 11.7. The van der Waals surface area contributed by atoms with Crippen molar-refractivity contribution in [1.29, 1.82) is 0 Å². The fraction of sp³-hybridized carbons (Fsp3) is 0.900. The third-order valence-corrected chi connectivity index (χ3v) is 5.12. The standard InChI is InChI=1S/C20H39N3O2/c1-7-9-16(10-8-2)11-18(24)22-15(3)13-21-19(25)17-12-20(4,5)14-23(17)6/h15-17H,7-14H2,1-6H3,(H,21,25)(H,22,24)/t15-,17?/m1/s1. The van der Waals surface area contributed by atoms with Gasteiger partial charge in [0.05, 0.1) is 6.04 Å². The third kappa shape index (κ3) is 7.76. The highest BCUT2D eigenvalue weighted by Crippen LogP contribution is 2.32. The Bertz CT molecular complexity index is 431. The molecule has 146 valence electrons. The third-order valence-electron chi connectivity index (χ3n) is 5.12. The Kier molecular flexibility index (Phi) is 8.91. The lowest BCUT2D eigenvalue weighted by Crippen LogP contribution is -2.47. The van der Waals surface area contributed by atoms with Gasteiger partial charge in [-0.25, -0.2) is 0 Å². The van der Waals surface area contributed by atoms with Gasteiger partial charge in [-0.05, 0) is 31.7 Å². The Morgan fingerprint density at radius 2 is 1.80 bits per heavy atom. The van der Waals surface area contributed by atoms with Crippen LogP contribution in [0, 0.1) is 11.3 Å². The molecule has 2 N–H and O–H groups in total. The van der Waals surface area contributed by atoms with Gasteiger partial charge in [0.2, 0.25) is 11.8 Å². The predicted molar refractivity (Wildman–Crippen MR) is 103 cm³/mol. The number of likely N-dealkylation sites (tertiary alicyclic amines) is 1. The summed E-state index contributed by atoms with van der Waals surface area (Å²) in [5, 5.41) is 6.04. The first kappa shape index (κ1) is 21.9. The predicted octanol–water partition coefficient (Wildman–Crippen LogP) is 2.94. The van der Waals surface area contributed by atoms with Crippen LogP contribution in [0.3, 0.4) is 0 Å². The molecular formula is C20H39N3O2. The Hall–Kier alpha value is -1.10. The fourth-order valence-electron chi connectivity index (χ4n) is 4.01. The van der Waals surface area contributed by atoms with Crippen LogP contribution in [0.2, 0.25) is 0 Å². The number of hydrogen-bond donors (Lipinski definition) is 2. The number of nitrogens with one attached hydrogen (secondary N) is 2. The van der Waals surface area contributed by atoms with E-state index in [0.717, 1.165) is 38.6 Å². The molecule has 0 radical (unpaired) electrons. The topological polar surface area (TPSA) is 61.4 Å². The molecule has 1 aliphatic heterocycles. The van der Waals surface area contributed by atoms with E-state index in [9.17, 15) is 9.59 Å². The first-order valence-corrected chi connectivity index (χ1v) is 9.95. The zero-order valence-corrected chi connectivity index (χ0v) is 17.2. The van der Waals surface area contributed by atoms with E-state index >= 15 is 0 Å². The minimum absolute atomic E-state index is 0.0416. The van der Waals surface area contributed by atoms with E-state index in [2.05, 4.69) is 43.2 Å². The molecule has 0 aliphatic carbocycles. The summed E-state index contributed by atoms with van der Waals surface area (Å²) in [6.45, 7) is 12.1. The molecule has 0 aromatic carbocycles. The second-order valence-corrected chi connectivity index (χ2v) is 8.66. The smallest absolute Gasteiger partial charge is 0.237 e. The van der Waals surface area contributed by atoms with Crippen molar-refractivity contribution in [3.63, 3.8) is 0 Å². The maximum absolute atomic E-state index is 12.4. The normalized spacial score (nSPS) is 21.3. The summed E-state index contributed by atoms with van der Waals surface area (Å²) in [7, 11) is 2.01. The second-order valence-electron chi connectivity index (χ2n) is 8.66. The number of hydrogen-bond acceptors (Lipinski definition) is 3. The molecule has 0 aromatic rings. The molecule has 1 aliphatic rings. The highest BCUT2D eigenvalue weighted by molar-refractivity contribution is 5.82. The molecule has 25 heavy (non-hydrogen) atoms. The van der Waals surface area contributed by atoms with Gasteiger partial charge < -0.3 is 10.6 Å². The number of nitrogens with zero attached hydrogens (tertiary/aromatic N) is 1. The zero-order chi connectivity index (χ0) is 19.0. The largest absolute Gasteiger partial charge is 0.353 e. The van der Waals surface area contributed by atoms with Gasteiger partial charge in [0, 0.05) is 25.6 Å². The van der Waals surface area contributed by atoms with Gasteiger partial charge in [-0.3, -0.25) is 14.5 Å². The Labute approximate surface area is 154 Å². The summed E-state index contributed by atoms with van der Waals surface area (Å²) in [4.78, 5) is 26.8. The Morgan fingerprint density at radius 1 is 1.20 bits per heavy atom. The van der Waals surface area contributed by atoms with Gasteiger partial charge in [-0.2, -0.15) is 0 Å². The molecule has 0 aromatic heterocycles. The maximum Gasteiger partial charge on any atom is 0.237 e. The Balaban J connectivity index is 2.35. The van der Waals surface area contributed by atoms with E-state index in [1.807, 2.05) is 14.0 Å². The highest BCUT2D eigenvalue weighted by atomic mass is 16.2. The summed E-state index contributed by atoms with van der Waals surface area (Å²) in [6, 6.07) is -0.100. The van der Waals surface area contributed by atoms with Crippen molar-refractivity contribution < 1.29 is 9.59 Å². The number of carbonyl (C=O) groups excluding carboxylic acids is 2. The molecule has 0 spiro atoms. The SMILES string of the molecule is CCCC(CCC)CC(=O)N[C@H](C)CNC(=O)C1CC(C)(C)CN1C. The minimum atomic E-state index is -0.0589. The molecule has 1 saturated heterocycles. The van der Waals surface area contributed by atoms with Crippen molar-refractivity contribution in [3.8, 4) is 0 Å². The molecule has 2 atom stereocenters. The quantitative estimate of drug-likeness (QED) is 0.635. The average Bonchev–Trinajstić information content (AvgIpc) is 2.78. The van der Waals surface area contributed by atoms with Crippen LogP contribution in [0.25, 0.3) is 0 Å². The van der Waals surface area contributed by atoms with Crippen LogP contribution in [-0.2, 0) is 9.59 Å². The van der Waals surface area contributed by atoms with Crippen LogP contribution < -0.4 is 10.6 Å². The van der Waals surface area contributed by atoms with E-state index in [1.54, 1.807) is 0 Å². The highest BCUT2D eigenvalue weighted by Gasteiger charge is 2.39. The minimum Gasteiger partial charge on any atom is -0.353 e. The van der Waals surface area contributed by atoms with Crippen LogP contribution >= 0.6 is 0 Å². The lowest BCUT2D eigenvalue weighted by Gasteiger charge is -2.21. The summed E-state index contributed by atoms with van der Waals surface area (Å²) in [5.74, 6) is 0.656. The molecule has 1 heterocycles. The zero-order valence-electron chi connectivity index (χ0n) is 17.2. The molecule has 0 saturated carbocycles. The molecule has 0 bridgehead atoms. The van der Waals surface area contributed by atoms with E-state index < -0.39 is 0 Å². The van der Waals surface area contributed by atoms with Gasteiger partial charge in [0.25, 0.3) is 0 Å². The molecule has 5 heteroatoms. The fourth-order valence-corrected chi connectivity index (χ4v) is 4.01. The van der Waals surface area contributed by atoms with Crippen molar-refractivity contribution in [1.82, 2.24) is 15.5 Å². The molecular weight excluding hydrogens is 314 g/mol. The van der Waals surface area contributed by atoms with Gasteiger partial charge >= 0.3 is 0 Å². The first-order valence-electron chi connectivity index (χ1n) is 9.95. The lowest BCUT2D eigenvalue weighted by atomic mass is 9.90. The molecule has 1 fully saturated rings. The molecule has 2 amide bonds. The van der Waals surface area contributed by atoms with Crippen molar-refractivity contribution >= 4 is 11.8 Å². The van der Waals surface area contributed by atoms with E-state index in [1.165, 1.54) is 0 Å². The van der Waals surface area contributed by atoms with Gasteiger partial charge in [-0.1, -0.05) is 53.4 Å². The summed E-state index contributed by atoms with van der Waals surface area (Å²) >= 11 is 0. The van der Waals surface area contributed by atoms with Gasteiger partial charge in [0.1, 0.15) is 0 Å². The van der Waals surface area contributed by atoms with Crippen LogP contribution in [0.4, 0.5) is 0 Å².